The monoisotopic (exact) mass is 615 g/mol. The van der Waals surface area contributed by atoms with E-state index in [4.69, 9.17) is 4.65 Å². The molecule has 8 atom stereocenters. The SMILES string of the molecule is CC(C)(O)C(C)(C)O[B]C1CC=CC2=C1C1CCC=CC1C21C2=C(CCCC2)C2CC3=C(CC21)C1=C(CCC=C1)C1CCCCC31. The van der Waals surface area contributed by atoms with Crippen LogP contribution in [-0.4, -0.2) is 23.8 Å². The molecule has 8 unspecified atom stereocenters. The zero-order valence-corrected chi connectivity index (χ0v) is 29.0. The molecule has 0 saturated heterocycles. The van der Waals surface area contributed by atoms with Crippen molar-refractivity contribution in [2.75, 3.05) is 0 Å². The smallest absolute Gasteiger partial charge is 0.301 e. The molecule has 0 aromatic rings. The second kappa shape index (κ2) is 10.8. The van der Waals surface area contributed by atoms with Crippen molar-refractivity contribution in [3.05, 3.63) is 81.0 Å². The van der Waals surface area contributed by atoms with Crippen molar-refractivity contribution in [2.45, 2.75) is 141 Å². The standard InChI is InChI=1S/C43H56BO2/c1-41(2,45)42(3,4)46-44-39-23-13-22-37-40(39)31-19-10-12-21-36(31)43(37)35-20-11-9-18-30(35)34-24-32-28-16-7-5-14-26(28)27-15-6-8-17-29(27)33(32)25-38(34)43/h8,12-13,17,21-22,26,28,31,34,36,38-39,45H,5-7,9-11,14-16,18-20,23-25H2,1-4H3. The summed E-state index contributed by atoms with van der Waals surface area (Å²) in [5.41, 5.74) is 13.1. The minimum atomic E-state index is -0.912. The lowest BCUT2D eigenvalue weighted by molar-refractivity contribution is -0.0908. The lowest BCUT2D eigenvalue weighted by Crippen LogP contribution is -2.48. The van der Waals surface area contributed by atoms with Gasteiger partial charge in [-0.1, -0.05) is 77.2 Å². The number of aliphatic hydroxyl groups is 1. The summed E-state index contributed by atoms with van der Waals surface area (Å²) in [6, 6.07) is 0. The molecule has 1 spiro atoms. The van der Waals surface area contributed by atoms with E-state index in [0.717, 1.165) is 24.2 Å². The quantitative estimate of drug-likeness (QED) is 0.252. The Kier molecular flexibility index (Phi) is 7.12. The van der Waals surface area contributed by atoms with Crippen LogP contribution in [0, 0.1) is 40.9 Å². The maximum Gasteiger partial charge on any atom is 0.301 e. The van der Waals surface area contributed by atoms with Crippen molar-refractivity contribution < 1.29 is 9.76 Å². The zero-order valence-electron chi connectivity index (χ0n) is 29.0. The van der Waals surface area contributed by atoms with E-state index in [-0.39, 0.29) is 5.41 Å². The molecule has 0 aromatic carbocycles. The van der Waals surface area contributed by atoms with Gasteiger partial charge < -0.3 is 9.76 Å². The maximum absolute atomic E-state index is 10.9. The van der Waals surface area contributed by atoms with E-state index in [1.54, 1.807) is 16.7 Å². The Labute approximate surface area is 279 Å². The van der Waals surface area contributed by atoms with Crippen molar-refractivity contribution in [1.82, 2.24) is 0 Å². The Bertz CT molecular complexity index is 1540. The predicted octanol–water partition coefficient (Wildman–Crippen LogP) is 10.5. The number of hydrogen-bond donors (Lipinski definition) is 1. The van der Waals surface area contributed by atoms with Gasteiger partial charge in [-0.2, -0.15) is 0 Å². The molecule has 9 aliphatic carbocycles. The van der Waals surface area contributed by atoms with Crippen molar-refractivity contribution in [3.8, 4) is 0 Å². The van der Waals surface area contributed by atoms with Gasteiger partial charge in [0, 0.05) is 5.41 Å². The molecule has 1 N–H and O–H groups in total. The molecule has 0 aromatic heterocycles. The molecule has 0 aliphatic heterocycles. The topological polar surface area (TPSA) is 29.5 Å². The summed E-state index contributed by atoms with van der Waals surface area (Å²) in [6.45, 7) is 7.84. The van der Waals surface area contributed by atoms with Crippen LogP contribution < -0.4 is 0 Å². The summed E-state index contributed by atoms with van der Waals surface area (Å²) >= 11 is 0. The van der Waals surface area contributed by atoms with Crippen LogP contribution in [0.4, 0.5) is 0 Å². The highest BCUT2D eigenvalue weighted by Gasteiger charge is 2.65. The summed E-state index contributed by atoms with van der Waals surface area (Å²) < 4.78 is 6.57. The minimum absolute atomic E-state index is 0.146. The highest BCUT2D eigenvalue weighted by Crippen LogP contribution is 2.74. The Hall–Kier alpha value is -1.84. The van der Waals surface area contributed by atoms with E-state index in [1.807, 2.05) is 55.6 Å². The van der Waals surface area contributed by atoms with E-state index in [0.29, 0.717) is 23.6 Å². The Morgan fingerprint density at radius 3 is 2.41 bits per heavy atom. The summed E-state index contributed by atoms with van der Waals surface area (Å²) in [5, 5.41) is 10.9. The summed E-state index contributed by atoms with van der Waals surface area (Å²) in [7, 11) is 2.16. The number of allylic oxidation sites excluding steroid dienone is 14. The van der Waals surface area contributed by atoms with Crippen LogP contribution in [0.2, 0.25) is 5.82 Å². The minimum Gasteiger partial charge on any atom is -0.432 e. The summed E-state index contributed by atoms with van der Waals surface area (Å²) in [4.78, 5) is 0. The lowest BCUT2D eigenvalue weighted by Gasteiger charge is -2.51. The van der Waals surface area contributed by atoms with Gasteiger partial charge in [0.1, 0.15) is 0 Å². The molecule has 9 rings (SSSR count). The van der Waals surface area contributed by atoms with Gasteiger partial charge in [0.25, 0.3) is 0 Å². The van der Waals surface area contributed by atoms with Crippen LogP contribution in [-0.2, 0) is 4.65 Å². The predicted molar refractivity (Wildman–Crippen MR) is 189 cm³/mol. The van der Waals surface area contributed by atoms with E-state index in [1.165, 1.54) is 89.9 Å². The largest absolute Gasteiger partial charge is 0.432 e. The van der Waals surface area contributed by atoms with Crippen LogP contribution >= 0.6 is 0 Å². The second-order valence-corrected chi connectivity index (χ2v) is 17.7. The van der Waals surface area contributed by atoms with Crippen LogP contribution in [0.25, 0.3) is 0 Å². The average Bonchev–Trinajstić information content (AvgIpc) is 3.53. The molecule has 1 radical (unpaired) electrons. The third kappa shape index (κ3) is 4.15. The highest BCUT2D eigenvalue weighted by atomic mass is 16.5. The van der Waals surface area contributed by atoms with Crippen molar-refractivity contribution in [1.29, 1.82) is 0 Å². The van der Waals surface area contributed by atoms with Gasteiger partial charge in [-0.15, -0.1) is 0 Å². The van der Waals surface area contributed by atoms with Gasteiger partial charge in [-0.3, -0.25) is 0 Å². The molecule has 46 heavy (non-hydrogen) atoms. The molecule has 0 bridgehead atoms. The first-order valence-electron chi connectivity index (χ1n) is 19.4. The van der Waals surface area contributed by atoms with E-state index in [9.17, 15) is 5.11 Å². The van der Waals surface area contributed by atoms with Crippen LogP contribution in [0.15, 0.2) is 81.0 Å². The van der Waals surface area contributed by atoms with E-state index >= 15 is 0 Å². The lowest BCUT2D eigenvalue weighted by atomic mass is 9.53. The molecule has 0 amide bonds. The Balaban J connectivity index is 1.18. The van der Waals surface area contributed by atoms with Crippen LogP contribution in [0.3, 0.4) is 0 Å². The van der Waals surface area contributed by atoms with Gasteiger partial charge in [0.05, 0.1) is 11.2 Å². The van der Waals surface area contributed by atoms with Gasteiger partial charge in [0.2, 0.25) is 0 Å². The van der Waals surface area contributed by atoms with Crippen LogP contribution in [0.5, 0.6) is 0 Å². The molecule has 1 fully saturated rings. The fraction of sp³-hybridized carbons (Fsp3) is 0.674. The first-order valence-corrected chi connectivity index (χ1v) is 19.4. The average molecular weight is 616 g/mol. The first kappa shape index (κ1) is 30.2. The molecule has 243 valence electrons. The molecule has 2 nitrogen and oxygen atoms in total. The van der Waals surface area contributed by atoms with Gasteiger partial charge in [-0.05, 0) is 169 Å². The van der Waals surface area contributed by atoms with Crippen molar-refractivity contribution in [3.63, 3.8) is 0 Å². The third-order valence-electron chi connectivity index (χ3n) is 15.2. The maximum atomic E-state index is 10.9. The molecule has 9 aliphatic rings. The molecular formula is C43H56BO2. The van der Waals surface area contributed by atoms with Crippen molar-refractivity contribution in [2.24, 2.45) is 40.9 Å². The molecule has 3 heteroatoms. The fourth-order valence-electron chi connectivity index (χ4n) is 12.6. The first-order chi connectivity index (χ1) is 22.2. The zero-order chi connectivity index (χ0) is 31.4. The molecule has 1 saturated carbocycles. The van der Waals surface area contributed by atoms with Gasteiger partial charge >= 0.3 is 7.48 Å². The Morgan fingerprint density at radius 1 is 0.783 bits per heavy atom. The van der Waals surface area contributed by atoms with Gasteiger partial charge in [-0.25, -0.2) is 0 Å². The Morgan fingerprint density at radius 2 is 1.59 bits per heavy atom. The van der Waals surface area contributed by atoms with Gasteiger partial charge in [0.15, 0.2) is 0 Å². The third-order valence-corrected chi connectivity index (χ3v) is 15.2. The fourth-order valence-corrected chi connectivity index (χ4v) is 12.6. The number of rotatable bonds is 4. The molecular weight excluding hydrogens is 559 g/mol. The normalized spacial score (nSPS) is 39.6. The van der Waals surface area contributed by atoms with E-state index < -0.39 is 11.2 Å². The van der Waals surface area contributed by atoms with E-state index in [2.05, 4.69) is 43.9 Å². The summed E-state index contributed by atoms with van der Waals surface area (Å²) in [6.07, 6.45) is 35.3. The van der Waals surface area contributed by atoms with Crippen molar-refractivity contribution >= 4 is 7.48 Å². The number of hydrogen-bond acceptors (Lipinski definition) is 2. The molecule has 0 heterocycles. The number of fused-ring (bicyclic) bond motifs is 12. The summed E-state index contributed by atoms with van der Waals surface area (Å²) in [5.74, 6) is 4.53. The van der Waals surface area contributed by atoms with Crippen LogP contribution in [0.1, 0.15) is 124 Å². The highest BCUT2D eigenvalue weighted by molar-refractivity contribution is 6.31. The second-order valence-electron chi connectivity index (χ2n) is 17.7.